The lowest BCUT2D eigenvalue weighted by Gasteiger charge is -2.22. The molecule has 110 valence electrons. The molecule has 0 aliphatic heterocycles. The van der Waals surface area contributed by atoms with E-state index in [-0.39, 0.29) is 5.91 Å². The number of hydrogen-bond donors (Lipinski definition) is 0. The van der Waals surface area contributed by atoms with Gasteiger partial charge in [-0.1, -0.05) is 54.1 Å². The molecule has 0 aromatic heterocycles. The monoisotopic (exact) mass is 309 g/mol. The molecule has 22 heavy (non-hydrogen) atoms. The highest BCUT2D eigenvalue weighted by molar-refractivity contribution is 6.34. The summed E-state index contributed by atoms with van der Waals surface area (Å²) in [6.07, 6.45) is 0. The summed E-state index contributed by atoms with van der Waals surface area (Å²) in [6.45, 7) is 2.55. The quantitative estimate of drug-likeness (QED) is 0.654. The van der Waals surface area contributed by atoms with Crippen molar-refractivity contribution in [2.75, 3.05) is 11.4 Å². The molecular weight excluding hydrogens is 294 g/mol. The van der Waals surface area contributed by atoms with Crippen molar-refractivity contribution in [3.05, 3.63) is 77.3 Å². The van der Waals surface area contributed by atoms with Gasteiger partial charge in [0.05, 0.1) is 10.6 Å². The minimum atomic E-state index is -0.0802. The van der Waals surface area contributed by atoms with E-state index in [9.17, 15) is 4.79 Å². The predicted molar refractivity (Wildman–Crippen MR) is 92.8 cm³/mol. The van der Waals surface area contributed by atoms with Crippen molar-refractivity contribution in [2.24, 2.45) is 0 Å². The van der Waals surface area contributed by atoms with Crippen LogP contribution >= 0.6 is 11.6 Å². The first-order valence-electron chi connectivity index (χ1n) is 7.26. The van der Waals surface area contributed by atoms with Gasteiger partial charge in [-0.25, -0.2) is 0 Å². The molecule has 0 saturated carbocycles. The number of carbonyl (C=O) groups excluding carboxylic acids is 1. The van der Waals surface area contributed by atoms with E-state index in [1.54, 1.807) is 17.0 Å². The maximum Gasteiger partial charge on any atom is 0.259 e. The fourth-order valence-electron chi connectivity index (χ4n) is 2.57. The normalized spacial score (nSPS) is 10.6. The number of fused-ring (bicyclic) bond motifs is 1. The Hall–Kier alpha value is -2.32. The van der Waals surface area contributed by atoms with Crippen LogP contribution in [0.5, 0.6) is 0 Å². The number of nitrogens with zero attached hydrogens (tertiary/aromatic N) is 1. The van der Waals surface area contributed by atoms with Gasteiger partial charge in [0.15, 0.2) is 0 Å². The molecule has 3 rings (SSSR count). The first-order valence-corrected chi connectivity index (χ1v) is 7.63. The molecule has 0 unspecified atom stereocenters. The van der Waals surface area contributed by atoms with Crippen molar-refractivity contribution in [2.45, 2.75) is 6.92 Å². The molecule has 3 heteroatoms. The van der Waals surface area contributed by atoms with Gasteiger partial charge >= 0.3 is 0 Å². The Labute approximate surface area is 134 Å². The van der Waals surface area contributed by atoms with Crippen LogP contribution in [0.15, 0.2) is 66.7 Å². The van der Waals surface area contributed by atoms with E-state index in [2.05, 4.69) is 6.07 Å². The zero-order valence-corrected chi connectivity index (χ0v) is 13.0. The predicted octanol–water partition coefficient (Wildman–Crippen LogP) is 5.16. The number of anilines is 1. The topological polar surface area (TPSA) is 20.3 Å². The van der Waals surface area contributed by atoms with E-state index < -0.39 is 0 Å². The first-order chi connectivity index (χ1) is 10.7. The molecule has 0 N–H and O–H groups in total. The van der Waals surface area contributed by atoms with Crippen molar-refractivity contribution < 1.29 is 4.79 Å². The largest absolute Gasteiger partial charge is 0.309 e. The number of halogens is 1. The van der Waals surface area contributed by atoms with Crippen molar-refractivity contribution >= 4 is 34.0 Å². The summed E-state index contributed by atoms with van der Waals surface area (Å²) in [4.78, 5) is 14.5. The summed E-state index contributed by atoms with van der Waals surface area (Å²) < 4.78 is 0. The molecule has 0 heterocycles. The van der Waals surface area contributed by atoms with E-state index >= 15 is 0 Å². The maximum atomic E-state index is 12.8. The average molecular weight is 310 g/mol. The van der Waals surface area contributed by atoms with Gasteiger partial charge in [-0.05, 0) is 42.0 Å². The van der Waals surface area contributed by atoms with Crippen LogP contribution in [0, 0.1) is 0 Å². The Balaban J connectivity index is 2.02. The second kappa shape index (κ2) is 6.20. The number of hydrogen-bond acceptors (Lipinski definition) is 1. The zero-order chi connectivity index (χ0) is 15.5. The molecule has 0 atom stereocenters. The van der Waals surface area contributed by atoms with Gasteiger partial charge in [0.2, 0.25) is 0 Å². The van der Waals surface area contributed by atoms with Crippen LogP contribution in [0.1, 0.15) is 17.3 Å². The molecular formula is C19H16ClNO. The minimum Gasteiger partial charge on any atom is -0.309 e. The van der Waals surface area contributed by atoms with E-state index in [0.29, 0.717) is 17.1 Å². The zero-order valence-electron chi connectivity index (χ0n) is 12.3. The van der Waals surface area contributed by atoms with Crippen LogP contribution < -0.4 is 4.90 Å². The summed E-state index contributed by atoms with van der Waals surface area (Å²) in [5, 5.41) is 2.75. The van der Waals surface area contributed by atoms with Gasteiger partial charge in [-0.15, -0.1) is 0 Å². The lowest BCUT2D eigenvalue weighted by atomic mass is 10.1. The van der Waals surface area contributed by atoms with Crippen molar-refractivity contribution in [1.82, 2.24) is 0 Å². The van der Waals surface area contributed by atoms with Crippen LogP contribution in [0.4, 0.5) is 5.69 Å². The van der Waals surface area contributed by atoms with Crippen LogP contribution in [0.25, 0.3) is 10.8 Å². The fraction of sp³-hybridized carbons (Fsp3) is 0.105. The lowest BCUT2D eigenvalue weighted by Crippen LogP contribution is -2.30. The first kappa shape index (κ1) is 14.6. The Morgan fingerprint density at radius 3 is 2.36 bits per heavy atom. The summed E-state index contributed by atoms with van der Waals surface area (Å²) in [5.74, 6) is -0.0802. The molecule has 1 amide bonds. The highest BCUT2D eigenvalue weighted by Crippen LogP contribution is 2.25. The molecule has 0 spiro atoms. The smallest absolute Gasteiger partial charge is 0.259 e. The number of benzene rings is 3. The van der Waals surface area contributed by atoms with E-state index in [0.717, 1.165) is 16.5 Å². The minimum absolute atomic E-state index is 0.0802. The van der Waals surface area contributed by atoms with Gasteiger partial charge in [0.1, 0.15) is 0 Å². The molecule has 0 radical (unpaired) electrons. The molecule has 3 aromatic rings. The third kappa shape index (κ3) is 2.70. The van der Waals surface area contributed by atoms with Crippen molar-refractivity contribution in [1.29, 1.82) is 0 Å². The van der Waals surface area contributed by atoms with Gasteiger partial charge < -0.3 is 4.90 Å². The van der Waals surface area contributed by atoms with E-state index in [1.165, 1.54) is 0 Å². The fourth-order valence-corrected chi connectivity index (χ4v) is 2.78. The second-order valence-electron chi connectivity index (χ2n) is 5.06. The van der Waals surface area contributed by atoms with Crippen LogP contribution in [0.2, 0.25) is 5.02 Å². The van der Waals surface area contributed by atoms with Gasteiger partial charge in [0, 0.05) is 12.2 Å². The summed E-state index contributed by atoms with van der Waals surface area (Å²) >= 11 is 6.16. The number of carbonyl (C=O) groups is 1. The van der Waals surface area contributed by atoms with Crippen LogP contribution in [-0.2, 0) is 0 Å². The highest BCUT2D eigenvalue weighted by Gasteiger charge is 2.18. The van der Waals surface area contributed by atoms with E-state index in [4.69, 9.17) is 11.6 Å². The SMILES string of the molecule is CCN(C(=O)c1ccccc1Cl)c1ccc2ccccc2c1. The highest BCUT2D eigenvalue weighted by atomic mass is 35.5. The second-order valence-corrected chi connectivity index (χ2v) is 5.47. The van der Waals surface area contributed by atoms with Crippen LogP contribution in [-0.4, -0.2) is 12.5 Å². The Morgan fingerprint density at radius 1 is 0.955 bits per heavy atom. The molecule has 0 bridgehead atoms. The maximum absolute atomic E-state index is 12.8. The average Bonchev–Trinajstić information content (AvgIpc) is 2.55. The Kier molecular flexibility index (Phi) is 4.12. The molecule has 0 fully saturated rings. The molecule has 0 saturated heterocycles. The molecule has 0 aliphatic rings. The van der Waals surface area contributed by atoms with Gasteiger partial charge in [-0.3, -0.25) is 4.79 Å². The van der Waals surface area contributed by atoms with Gasteiger partial charge in [0.25, 0.3) is 5.91 Å². The summed E-state index contributed by atoms with van der Waals surface area (Å²) in [7, 11) is 0. The van der Waals surface area contributed by atoms with Crippen molar-refractivity contribution in [3.8, 4) is 0 Å². The molecule has 3 aromatic carbocycles. The van der Waals surface area contributed by atoms with Gasteiger partial charge in [-0.2, -0.15) is 0 Å². The third-order valence-electron chi connectivity index (χ3n) is 3.71. The molecule has 2 nitrogen and oxygen atoms in total. The summed E-state index contributed by atoms with van der Waals surface area (Å²) in [5.41, 5.74) is 1.41. The lowest BCUT2D eigenvalue weighted by molar-refractivity contribution is 0.0988. The molecule has 0 aliphatic carbocycles. The van der Waals surface area contributed by atoms with Crippen LogP contribution in [0.3, 0.4) is 0 Å². The Morgan fingerprint density at radius 2 is 1.64 bits per heavy atom. The number of rotatable bonds is 3. The third-order valence-corrected chi connectivity index (χ3v) is 4.04. The van der Waals surface area contributed by atoms with E-state index in [1.807, 2.05) is 55.5 Å². The number of amides is 1. The Bertz CT molecular complexity index is 828. The van der Waals surface area contributed by atoms with Crippen molar-refractivity contribution in [3.63, 3.8) is 0 Å². The standard InChI is InChI=1S/C19H16ClNO/c1-2-21(19(22)17-9-5-6-10-18(17)20)16-12-11-14-7-3-4-8-15(14)13-16/h3-13H,2H2,1H3. The summed E-state index contributed by atoms with van der Waals surface area (Å²) in [6, 6.07) is 21.3.